The Morgan fingerprint density at radius 1 is 0.958 bits per heavy atom. The minimum absolute atomic E-state index is 0.394. The number of nitrogens with zero attached hydrogens (tertiary/aromatic N) is 1. The first-order chi connectivity index (χ1) is 11.7. The van der Waals surface area contributed by atoms with E-state index in [2.05, 4.69) is 16.8 Å². The molecule has 118 valence electrons. The van der Waals surface area contributed by atoms with Crippen LogP contribution in [0.5, 0.6) is 0 Å². The summed E-state index contributed by atoms with van der Waals surface area (Å²) in [5.74, 6) is 5.94. The first-order valence-electron chi connectivity index (χ1n) is 7.62. The van der Waals surface area contributed by atoms with Gasteiger partial charge in [0.1, 0.15) is 5.69 Å². The fourth-order valence-corrected chi connectivity index (χ4v) is 2.62. The van der Waals surface area contributed by atoms with Gasteiger partial charge in [-0.05, 0) is 29.2 Å². The van der Waals surface area contributed by atoms with Crippen LogP contribution in [-0.4, -0.2) is 10.1 Å². The second-order valence-electron chi connectivity index (χ2n) is 5.50. The van der Waals surface area contributed by atoms with E-state index in [1.807, 2.05) is 60.7 Å². The predicted octanol–water partition coefficient (Wildman–Crippen LogP) is 4.22. The van der Waals surface area contributed by atoms with Crippen LogP contribution in [0, 0.1) is 11.8 Å². The molecule has 0 aliphatic rings. The highest BCUT2D eigenvalue weighted by Crippen LogP contribution is 2.25. The summed E-state index contributed by atoms with van der Waals surface area (Å²) in [6, 6.07) is 22.6. The van der Waals surface area contributed by atoms with Crippen LogP contribution in [0.3, 0.4) is 0 Å². The SMILES string of the molecule is O[C@@](C#Cc1cc(Cl)ccn1)(Cc1ccccc1)c1ccccc1. The molecular formula is C21H16ClNO. The van der Waals surface area contributed by atoms with Crippen LogP contribution in [0.2, 0.25) is 5.02 Å². The summed E-state index contributed by atoms with van der Waals surface area (Å²) in [6.45, 7) is 0. The average molecular weight is 334 g/mol. The summed E-state index contributed by atoms with van der Waals surface area (Å²) >= 11 is 5.97. The molecule has 0 saturated carbocycles. The van der Waals surface area contributed by atoms with Gasteiger partial charge in [-0.15, -0.1) is 0 Å². The molecule has 0 unspecified atom stereocenters. The molecule has 0 amide bonds. The molecule has 0 saturated heterocycles. The van der Waals surface area contributed by atoms with E-state index in [9.17, 15) is 5.11 Å². The van der Waals surface area contributed by atoms with Crippen molar-refractivity contribution < 1.29 is 5.11 Å². The van der Waals surface area contributed by atoms with Crippen molar-refractivity contribution in [2.24, 2.45) is 0 Å². The van der Waals surface area contributed by atoms with Gasteiger partial charge < -0.3 is 5.11 Å². The molecule has 2 nitrogen and oxygen atoms in total. The van der Waals surface area contributed by atoms with Crippen molar-refractivity contribution >= 4 is 11.6 Å². The Bertz CT molecular complexity index is 868. The zero-order valence-electron chi connectivity index (χ0n) is 13.0. The van der Waals surface area contributed by atoms with E-state index >= 15 is 0 Å². The summed E-state index contributed by atoms with van der Waals surface area (Å²) in [6.07, 6.45) is 2.00. The highest BCUT2D eigenvalue weighted by molar-refractivity contribution is 6.30. The Balaban J connectivity index is 2.00. The number of hydrogen-bond acceptors (Lipinski definition) is 2. The number of rotatable bonds is 3. The Labute approximate surface area is 146 Å². The van der Waals surface area contributed by atoms with Gasteiger partial charge in [-0.3, -0.25) is 0 Å². The van der Waals surface area contributed by atoms with Crippen LogP contribution in [0.25, 0.3) is 0 Å². The van der Waals surface area contributed by atoms with E-state index in [0.717, 1.165) is 11.1 Å². The fourth-order valence-electron chi connectivity index (χ4n) is 2.46. The Kier molecular flexibility index (Phi) is 4.96. The third-order valence-corrected chi connectivity index (χ3v) is 3.91. The van der Waals surface area contributed by atoms with Crippen LogP contribution in [-0.2, 0) is 12.0 Å². The smallest absolute Gasteiger partial charge is 0.155 e. The lowest BCUT2D eigenvalue weighted by atomic mass is 9.87. The van der Waals surface area contributed by atoms with Crippen LogP contribution >= 0.6 is 11.6 Å². The molecule has 1 heterocycles. The monoisotopic (exact) mass is 333 g/mol. The molecule has 24 heavy (non-hydrogen) atoms. The molecule has 1 aromatic heterocycles. The van der Waals surface area contributed by atoms with Crippen molar-refractivity contribution in [2.75, 3.05) is 0 Å². The van der Waals surface area contributed by atoms with Gasteiger partial charge in [-0.25, -0.2) is 4.98 Å². The Hall–Kier alpha value is -2.60. The average Bonchev–Trinajstić information content (AvgIpc) is 2.62. The molecule has 0 spiro atoms. The second-order valence-corrected chi connectivity index (χ2v) is 5.93. The number of halogens is 1. The maximum atomic E-state index is 11.2. The van der Waals surface area contributed by atoms with E-state index in [1.165, 1.54) is 0 Å². The van der Waals surface area contributed by atoms with Gasteiger partial charge in [-0.1, -0.05) is 78.2 Å². The summed E-state index contributed by atoms with van der Waals surface area (Å²) < 4.78 is 0. The molecule has 0 aliphatic carbocycles. The summed E-state index contributed by atoms with van der Waals surface area (Å²) in [4.78, 5) is 4.17. The molecule has 1 atom stereocenters. The molecule has 0 bridgehead atoms. The lowest BCUT2D eigenvalue weighted by Gasteiger charge is -2.23. The van der Waals surface area contributed by atoms with Gasteiger partial charge in [0.05, 0.1) is 0 Å². The van der Waals surface area contributed by atoms with Crippen LogP contribution < -0.4 is 0 Å². The van der Waals surface area contributed by atoms with Crippen molar-refractivity contribution in [1.82, 2.24) is 4.98 Å². The van der Waals surface area contributed by atoms with Gasteiger partial charge in [0.15, 0.2) is 5.60 Å². The number of hydrogen-bond donors (Lipinski definition) is 1. The molecule has 3 heteroatoms. The minimum Gasteiger partial charge on any atom is -0.373 e. The molecule has 0 radical (unpaired) electrons. The van der Waals surface area contributed by atoms with E-state index in [1.54, 1.807) is 18.3 Å². The topological polar surface area (TPSA) is 33.1 Å². The molecular weight excluding hydrogens is 318 g/mol. The third kappa shape index (κ3) is 4.02. The zero-order chi connectivity index (χ0) is 16.8. The number of benzene rings is 2. The Morgan fingerprint density at radius 2 is 1.62 bits per heavy atom. The second kappa shape index (κ2) is 7.31. The van der Waals surface area contributed by atoms with E-state index in [4.69, 9.17) is 11.6 Å². The molecule has 3 aromatic rings. The fraction of sp³-hybridized carbons (Fsp3) is 0.0952. The van der Waals surface area contributed by atoms with Crippen LogP contribution in [0.4, 0.5) is 0 Å². The zero-order valence-corrected chi connectivity index (χ0v) is 13.7. The van der Waals surface area contributed by atoms with Gasteiger partial charge in [0.25, 0.3) is 0 Å². The van der Waals surface area contributed by atoms with E-state index < -0.39 is 5.60 Å². The van der Waals surface area contributed by atoms with Crippen LogP contribution in [0.15, 0.2) is 79.0 Å². The quantitative estimate of drug-likeness (QED) is 0.728. The largest absolute Gasteiger partial charge is 0.373 e. The van der Waals surface area contributed by atoms with Crippen molar-refractivity contribution in [3.8, 4) is 11.8 Å². The van der Waals surface area contributed by atoms with Crippen molar-refractivity contribution in [3.63, 3.8) is 0 Å². The van der Waals surface area contributed by atoms with E-state index in [0.29, 0.717) is 17.1 Å². The maximum absolute atomic E-state index is 11.2. The predicted molar refractivity (Wildman–Crippen MR) is 96.6 cm³/mol. The van der Waals surface area contributed by atoms with Gasteiger partial charge in [0.2, 0.25) is 0 Å². The minimum atomic E-state index is -1.30. The summed E-state index contributed by atoms with van der Waals surface area (Å²) in [5.41, 5.74) is 0.998. The van der Waals surface area contributed by atoms with Crippen molar-refractivity contribution in [2.45, 2.75) is 12.0 Å². The molecule has 2 aromatic carbocycles. The third-order valence-electron chi connectivity index (χ3n) is 3.67. The van der Waals surface area contributed by atoms with Crippen LogP contribution in [0.1, 0.15) is 16.8 Å². The number of pyridine rings is 1. The van der Waals surface area contributed by atoms with Crippen molar-refractivity contribution in [1.29, 1.82) is 0 Å². The maximum Gasteiger partial charge on any atom is 0.155 e. The molecule has 3 rings (SSSR count). The molecule has 0 aliphatic heterocycles. The highest BCUT2D eigenvalue weighted by atomic mass is 35.5. The number of aromatic nitrogens is 1. The standard InChI is InChI=1S/C21H16ClNO/c22-19-12-14-23-20(15-19)11-13-21(24,18-9-5-2-6-10-18)16-17-7-3-1-4-8-17/h1-10,12,14-15,24H,16H2/t21-/m0/s1. The van der Waals surface area contributed by atoms with Gasteiger partial charge in [-0.2, -0.15) is 0 Å². The van der Waals surface area contributed by atoms with Crippen molar-refractivity contribution in [3.05, 3.63) is 101 Å². The van der Waals surface area contributed by atoms with Gasteiger partial charge >= 0.3 is 0 Å². The first-order valence-corrected chi connectivity index (χ1v) is 8.00. The summed E-state index contributed by atoms with van der Waals surface area (Å²) in [5, 5.41) is 11.8. The Morgan fingerprint density at radius 3 is 2.29 bits per heavy atom. The normalized spacial score (nSPS) is 12.8. The first kappa shape index (κ1) is 16.3. The van der Waals surface area contributed by atoms with E-state index in [-0.39, 0.29) is 0 Å². The lowest BCUT2D eigenvalue weighted by molar-refractivity contribution is 0.101. The summed E-state index contributed by atoms with van der Waals surface area (Å²) in [7, 11) is 0. The molecule has 1 N–H and O–H groups in total. The lowest BCUT2D eigenvalue weighted by Crippen LogP contribution is -2.26. The highest BCUT2D eigenvalue weighted by Gasteiger charge is 2.27. The molecule has 0 fully saturated rings. The number of aliphatic hydroxyl groups is 1. The van der Waals surface area contributed by atoms with Gasteiger partial charge in [0, 0.05) is 17.6 Å².